The van der Waals surface area contributed by atoms with E-state index >= 15 is 0 Å². The van der Waals surface area contributed by atoms with Crippen LogP contribution < -0.4 is 16.0 Å². The van der Waals surface area contributed by atoms with Crippen molar-refractivity contribution in [1.82, 2.24) is 0 Å². The lowest BCUT2D eigenvalue weighted by Gasteiger charge is -2.27. The van der Waals surface area contributed by atoms with Gasteiger partial charge in [0.1, 0.15) is 0 Å². The highest BCUT2D eigenvalue weighted by Crippen LogP contribution is 2.20. The minimum Gasteiger partial charge on any atom is -0.369 e. The van der Waals surface area contributed by atoms with Crippen molar-refractivity contribution < 1.29 is 4.79 Å². The molecule has 0 fully saturated rings. The molecule has 0 aliphatic rings. The lowest BCUT2D eigenvalue weighted by atomic mass is 10.0. The zero-order valence-corrected chi connectivity index (χ0v) is 13.9. The SMILES string of the molecule is CCN(c1ccc(NC(=O)C(N)CC(C)C)cc1)C(C)C. The Morgan fingerprint density at radius 1 is 1.19 bits per heavy atom. The Kier molecular flexibility index (Phi) is 6.69. The maximum absolute atomic E-state index is 12.0. The Labute approximate surface area is 128 Å². The Morgan fingerprint density at radius 3 is 2.19 bits per heavy atom. The van der Waals surface area contributed by atoms with E-state index in [-0.39, 0.29) is 5.91 Å². The summed E-state index contributed by atoms with van der Waals surface area (Å²) in [5.41, 5.74) is 7.84. The second-order valence-corrected chi connectivity index (χ2v) is 6.15. The third-order valence-electron chi connectivity index (χ3n) is 3.49. The molecule has 1 aromatic rings. The quantitative estimate of drug-likeness (QED) is 0.811. The molecule has 1 amide bonds. The Morgan fingerprint density at radius 2 is 1.76 bits per heavy atom. The average Bonchev–Trinajstić information content (AvgIpc) is 2.40. The monoisotopic (exact) mass is 291 g/mol. The van der Waals surface area contributed by atoms with Crippen LogP contribution in [0.3, 0.4) is 0 Å². The molecule has 0 aliphatic heterocycles. The molecule has 118 valence electrons. The Hall–Kier alpha value is -1.55. The summed E-state index contributed by atoms with van der Waals surface area (Å²) in [6.07, 6.45) is 0.695. The third-order valence-corrected chi connectivity index (χ3v) is 3.49. The fourth-order valence-electron chi connectivity index (χ4n) is 2.43. The van der Waals surface area contributed by atoms with Crippen LogP contribution in [0.15, 0.2) is 24.3 Å². The number of benzene rings is 1. The minimum absolute atomic E-state index is 0.118. The van der Waals surface area contributed by atoms with E-state index < -0.39 is 6.04 Å². The number of carbonyl (C=O) groups excluding carboxylic acids is 1. The molecular weight excluding hydrogens is 262 g/mol. The number of nitrogens with two attached hydrogens (primary N) is 1. The normalized spacial score (nSPS) is 12.6. The molecule has 1 rings (SSSR count). The molecule has 3 N–H and O–H groups in total. The summed E-state index contributed by atoms with van der Waals surface area (Å²) in [5, 5.41) is 2.88. The molecule has 21 heavy (non-hydrogen) atoms. The number of anilines is 2. The van der Waals surface area contributed by atoms with Gasteiger partial charge in [-0.05, 0) is 57.4 Å². The van der Waals surface area contributed by atoms with Gasteiger partial charge in [0, 0.05) is 24.0 Å². The predicted octanol–water partition coefficient (Wildman–Crippen LogP) is 3.23. The van der Waals surface area contributed by atoms with Crippen LogP contribution in [0.2, 0.25) is 0 Å². The molecule has 0 heterocycles. The standard InChI is InChI=1S/C17H29N3O/c1-6-20(13(4)5)15-9-7-14(8-10-15)19-17(21)16(18)11-12(2)3/h7-10,12-13,16H,6,11,18H2,1-5H3,(H,19,21). The molecule has 0 aromatic heterocycles. The maximum Gasteiger partial charge on any atom is 0.241 e. The van der Waals surface area contributed by atoms with E-state index in [9.17, 15) is 4.79 Å². The summed E-state index contributed by atoms with van der Waals surface area (Å²) in [4.78, 5) is 14.3. The number of amides is 1. The summed E-state index contributed by atoms with van der Waals surface area (Å²) in [5.74, 6) is 0.296. The van der Waals surface area contributed by atoms with E-state index in [4.69, 9.17) is 5.73 Å². The van der Waals surface area contributed by atoms with E-state index in [0.717, 1.165) is 17.9 Å². The van der Waals surface area contributed by atoms with Crippen LogP contribution in [0.1, 0.15) is 41.0 Å². The van der Waals surface area contributed by atoms with Gasteiger partial charge in [0.25, 0.3) is 0 Å². The summed E-state index contributed by atoms with van der Waals surface area (Å²) >= 11 is 0. The van der Waals surface area contributed by atoms with Crippen LogP contribution in [0, 0.1) is 5.92 Å². The molecule has 1 aromatic carbocycles. The number of carbonyl (C=O) groups is 1. The molecule has 0 radical (unpaired) electrons. The molecule has 0 aliphatic carbocycles. The highest BCUT2D eigenvalue weighted by molar-refractivity contribution is 5.94. The maximum atomic E-state index is 12.0. The van der Waals surface area contributed by atoms with Gasteiger partial charge in [-0.25, -0.2) is 0 Å². The molecule has 0 spiro atoms. The van der Waals surface area contributed by atoms with Gasteiger partial charge < -0.3 is 16.0 Å². The molecular formula is C17H29N3O. The fourth-order valence-corrected chi connectivity index (χ4v) is 2.43. The molecule has 4 heteroatoms. The van der Waals surface area contributed by atoms with Crippen molar-refractivity contribution in [3.05, 3.63) is 24.3 Å². The van der Waals surface area contributed by atoms with Gasteiger partial charge in [-0.2, -0.15) is 0 Å². The van der Waals surface area contributed by atoms with Crippen molar-refractivity contribution in [3.63, 3.8) is 0 Å². The topological polar surface area (TPSA) is 58.4 Å². The molecule has 1 atom stereocenters. The van der Waals surface area contributed by atoms with Crippen molar-refractivity contribution in [2.24, 2.45) is 11.7 Å². The number of hydrogen-bond acceptors (Lipinski definition) is 3. The van der Waals surface area contributed by atoms with Crippen molar-refractivity contribution in [3.8, 4) is 0 Å². The molecule has 4 nitrogen and oxygen atoms in total. The van der Waals surface area contributed by atoms with Gasteiger partial charge in [-0.3, -0.25) is 4.79 Å². The highest BCUT2D eigenvalue weighted by Gasteiger charge is 2.15. The summed E-state index contributed by atoms with van der Waals surface area (Å²) < 4.78 is 0. The Bertz CT molecular complexity index is 440. The van der Waals surface area contributed by atoms with Gasteiger partial charge in [0.15, 0.2) is 0 Å². The number of rotatable bonds is 7. The van der Waals surface area contributed by atoms with Crippen LogP contribution in [0.4, 0.5) is 11.4 Å². The zero-order chi connectivity index (χ0) is 16.0. The first kappa shape index (κ1) is 17.5. The van der Waals surface area contributed by atoms with Crippen molar-refractivity contribution in [1.29, 1.82) is 0 Å². The third kappa shape index (κ3) is 5.38. The summed E-state index contributed by atoms with van der Waals surface area (Å²) in [6, 6.07) is 7.93. The van der Waals surface area contributed by atoms with E-state index in [1.54, 1.807) is 0 Å². The zero-order valence-electron chi connectivity index (χ0n) is 13.9. The molecule has 0 saturated carbocycles. The predicted molar refractivity (Wildman–Crippen MR) is 90.7 cm³/mol. The van der Waals surface area contributed by atoms with Gasteiger partial charge >= 0.3 is 0 Å². The second kappa shape index (κ2) is 8.03. The van der Waals surface area contributed by atoms with Crippen molar-refractivity contribution in [2.45, 2.75) is 53.1 Å². The number of hydrogen-bond donors (Lipinski definition) is 2. The first-order chi connectivity index (χ1) is 9.85. The fraction of sp³-hybridized carbons (Fsp3) is 0.588. The van der Waals surface area contributed by atoms with E-state index in [2.05, 4.69) is 44.8 Å². The molecule has 1 unspecified atom stereocenters. The van der Waals surface area contributed by atoms with Gasteiger partial charge in [-0.15, -0.1) is 0 Å². The van der Waals surface area contributed by atoms with E-state index in [1.807, 2.05) is 24.3 Å². The first-order valence-electron chi connectivity index (χ1n) is 7.78. The van der Waals surface area contributed by atoms with Gasteiger partial charge in [0.05, 0.1) is 6.04 Å². The van der Waals surface area contributed by atoms with Crippen LogP contribution >= 0.6 is 0 Å². The second-order valence-electron chi connectivity index (χ2n) is 6.15. The van der Waals surface area contributed by atoms with Crippen LogP contribution in [0.5, 0.6) is 0 Å². The van der Waals surface area contributed by atoms with Gasteiger partial charge in [-0.1, -0.05) is 13.8 Å². The Balaban J connectivity index is 2.68. The van der Waals surface area contributed by atoms with E-state index in [0.29, 0.717) is 18.4 Å². The smallest absolute Gasteiger partial charge is 0.241 e. The number of nitrogens with one attached hydrogen (secondary N) is 1. The van der Waals surface area contributed by atoms with Crippen LogP contribution in [-0.4, -0.2) is 24.5 Å². The highest BCUT2D eigenvalue weighted by atomic mass is 16.2. The molecule has 0 saturated heterocycles. The average molecular weight is 291 g/mol. The summed E-state index contributed by atoms with van der Waals surface area (Å²) in [7, 11) is 0. The van der Waals surface area contributed by atoms with E-state index in [1.165, 1.54) is 0 Å². The summed E-state index contributed by atoms with van der Waals surface area (Å²) in [6.45, 7) is 11.6. The lowest BCUT2D eigenvalue weighted by molar-refractivity contribution is -0.117. The lowest BCUT2D eigenvalue weighted by Crippen LogP contribution is -2.36. The van der Waals surface area contributed by atoms with Gasteiger partial charge in [0.2, 0.25) is 5.91 Å². The van der Waals surface area contributed by atoms with Crippen molar-refractivity contribution >= 4 is 17.3 Å². The van der Waals surface area contributed by atoms with Crippen LogP contribution in [0.25, 0.3) is 0 Å². The largest absolute Gasteiger partial charge is 0.369 e. The first-order valence-corrected chi connectivity index (χ1v) is 7.78. The van der Waals surface area contributed by atoms with Crippen molar-refractivity contribution in [2.75, 3.05) is 16.8 Å². The minimum atomic E-state index is -0.451. The molecule has 0 bridgehead atoms. The number of nitrogens with zero attached hydrogens (tertiary/aromatic N) is 1. The van der Waals surface area contributed by atoms with Crippen LogP contribution in [-0.2, 0) is 4.79 Å².